The van der Waals surface area contributed by atoms with Gasteiger partial charge in [0.25, 0.3) is 11.6 Å². The van der Waals surface area contributed by atoms with Gasteiger partial charge in [-0.2, -0.15) is 0 Å². The molecule has 2 rings (SSSR count). The first-order valence-corrected chi connectivity index (χ1v) is 6.74. The minimum Gasteiger partial charge on any atom is -0.351 e. The van der Waals surface area contributed by atoms with Gasteiger partial charge in [-0.3, -0.25) is 4.79 Å². The summed E-state index contributed by atoms with van der Waals surface area (Å²) in [6.45, 7) is 7.16. The Morgan fingerprint density at radius 3 is 2.71 bits per heavy atom. The highest BCUT2D eigenvalue weighted by atomic mass is 35.5. The molecule has 0 unspecified atom stereocenters. The third kappa shape index (κ3) is 3.71. The number of likely N-dealkylation sites (N-methyl/N-ethyl adjacent to an activating group) is 1. The van der Waals surface area contributed by atoms with Crippen LogP contribution in [0.5, 0.6) is 0 Å². The van der Waals surface area contributed by atoms with Crippen molar-refractivity contribution in [3.8, 4) is 0 Å². The second kappa shape index (κ2) is 7.38. The van der Waals surface area contributed by atoms with Gasteiger partial charge in [0.2, 0.25) is 0 Å². The lowest BCUT2D eigenvalue weighted by atomic mass is 10.0. The van der Waals surface area contributed by atoms with Gasteiger partial charge in [-0.25, -0.2) is 4.98 Å². The number of fused-ring (bicyclic) bond motifs is 1. The summed E-state index contributed by atoms with van der Waals surface area (Å²) in [5.74, 6) is 0.0921. The molecule has 0 aromatic carbocycles. The third-order valence-electron chi connectivity index (χ3n) is 3.13. The molecule has 0 aliphatic heterocycles. The molecule has 0 spiro atoms. The zero-order chi connectivity index (χ0) is 14.7. The van der Waals surface area contributed by atoms with Crippen LogP contribution in [0.1, 0.15) is 41.5 Å². The Morgan fingerprint density at radius 1 is 1.38 bits per heavy atom. The van der Waals surface area contributed by atoms with Gasteiger partial charge >= 0.3 is 0 Å². The van der Waals surface area contributed by atoms with E-state index >= 15 is 0 Å². The van der Waals surface area contributed by atoms with E-state index in [2.05, 4.69) is 20.8 Å². The maximum absolute atomic E-state index is 12.3. The Balaban J connectivity index is 0.00000220. The number of amides is 1. The lowest BCUT2D eigenvalue weighted by molar-refractivity contribution is 0.0955. The highest BCUT2D eigenvalue weighted by molar-refractivity contribution is 6.06. The second-order valence-electron chi connectivity index (χ2n) is 5.06. The molecule has 0 aliphatic rings. The minimum absolute atomic E-state index is 0. The summed E-state index contributed by atoms with van der Waals surface area (Å²) < 4.78 is 5.20. The van der Waals surface area contributed by atoms with Crippen molar-refractivity contribution in [2.24, 2.45) is 0 Å². The summed E-state index contributed by atoms with van der Waals surface area (Å²) in [6.07, 6.45) is 0. The van der Waals surface area contributed by atoms with Crippen molar-refractivity contribution in [1.29, 1.82) is 0 Å². The van der Waals surface area contributed by atoms with Crippen LogP contribution in [0.25, 0.3) is 11.1 Å². The number of carbonyl (C=O) groups is 1. The molecule has 2 aromatic heterocycles. The standard InChI is InChI=1S/C14H20N4O2.ClH/c1-8(2)11-7-10(13(19)16-6-5-15-4)12-9(3)18-20-14(12)17-11;/h7-8,15H,5-6H2,1-4H3,(H,16,19);1H. The second-order valence-corrected chi connectivity index (χ2v) is 5.06. The number of aromatic nitrogens is 2. The van der Waals surface area contributed by atoms with Crippen molar-refractivity contribution < 1.29 is 9.32 Å². The molecule has 6 nitrogen and oxygen atoms in total. The van der Waals surface area contributed by atoms with Gasteiger partial charge in [-0.15, -0.1) is 12.4 Å². The fourth-order valence-corrected chi connectivity index (χ4v) is 1.98. The molecular formula is C14H21ClN4O2. The quantitative estimate of drug-likeness (QED) is 0.826. The molecule has 0 fully saturated rings. The summed E-state index contributed by atoms with van der Waals surface area (Å²) in [7, 11) is 1.85. The van der Waals surface area contributed by atoms with E-state index in [9.17, 15) is 4.79 Å². The molecule has 0 saturated heterocycles. The third-order valence-corrected chi connectivity index (χ3v) is 3.13. The SMILES string of the molecule is CNCCNC(=O)c1cc(C(C)C)nc2onc(C)c12.Cl. The molecule has 0 saturated carbocycles. The summed E-state index contributed by atoms with van der Waals surface area (Å²) in [5.41, 5.74) is 2.51. The number of aryl methyl sites for hydroxylation is 1. The Morgan fingerprint density at radius 2 is 2.10 bits per heavy atom. The zero-order valence-corrected chi connectivity index (χ0v) is 13.5. The summed E-state index contributed by atoms with van der Waals surface area (Å²) >= 11 is 0. The average molecular weight is 313 g/mol. The first-order valence-electron chi connectivity index (χ1n) is 6.74. The largest absolute Gasteiger partial charge is 0.351 e. The average Bonchev–Trinajstić information content (AvgIpc) is 2.79. The van der Waals surface area contributed by atoms with Crippen LogP contribution < -0.4 is 10.6 Å². The van der Waals surface area contributed by atoms with Gasteiger partial charge in [-0.05, 0) is 26.0 Å². The zero-order valence-electron chi connectivity index (χ0n) is 12.7. The smallest absolute Gasteiger partial charge is 0.259 e. The van der Waals surface area contributed by atoms with Crippen molar-refractivity contribution in [3.63, 3.8) is 0 Å². The normalized spacial score (nSPS) is 10.7. The van der Waals surface area contributed by atoms with Gasteiger partial charge in [0.05, 0.1) is 16.6 Å². The lowest BCUT2D eigenvalue weighted by Crippen LogP contribution is -2.30. The van der Waals surface area contributed by atoms with Gasteiger partial charge in [0.15, 0.2) is 0 Å². The summed E-state index contributed by atoms with van der Waals surface area (Å²) in [6, 6.07) is 1.83. The molecule has 0 aliphatic carbocycles. The number of carbonyl (C=O) groups excluding carboxylic acids is 1. The monoisotopic (exact) mass is 312 g/mol. The van der Waals surface area contributed by atoms with E-state index in [-0.39, 0.29) is 24.2 Å². The maximum atomic E-state index is 12.3. The van der Waals surface area contributed by atoms with Gasteiger partial charge in [-0.1, -0.05) is 19.0 Å². The molecule has 0 atom stereocenters. The molecule has 7 heteroatoms. The highest BCUT2D eigenvalue weighted by Crippen LogP contribution is 2.24. The molecule has 2 N–H and O–H groups in total. The topological polar surface area (TPSA) is 80.0 Å². The van der Waals surface area contributed by atoms with E-state index in [0.29, 0.717) is 28.9 Å². The van der Waals surface area contributed by atoms with Gasteiger partial charge in [0.1, 0.15) is 0 Å². The number of pyridine rings is 1. The number of nitrogens with zero attached hydrogens (tertiary/aromatic N) is 2. The lowest BCUT2D eigenvalue weighted by Gasteiger charge is -2.09. The van der Waals surface area contributed by atoms with E-state index in [1.54, 1.807) is 0 Å². The fourth-order valence-electron chi connectivity index (χ4n) is 1.98. The minimum atomic E-state index is -0.124. The Hall–Kier alpha value is -1.66. The van der Waals surface area contributed by atoms with Crippen LogP contribution in [-0.2, 0) is 0 Å². The van der Waals surface area contributed by atoms with E-state index in [1.165, 1.54) is 0 Å². The van der Waals surface area contributed by atoms with Gasteiger partial charge < -0.3 is 15.2 Å². The Kier molecular flexibility index (Phi) is 6.11. The predicted octanol–water partition coefficient (Wildman–Crippen LogP) is 2.03. The highest BCUT2D eigenvalue weighted by Gasteiger charge is 2.19. The molecule has 2 aromatic rings. The molecule has 1 amide bonds. The summed E-state index contributed by atoms with van der Waals surface area (Å²) in [4.78, 5) is 16.7. The molecule has 0 bridgehead atoms. The van der Waals surface area contributed by atoms with Crippen LogP contribution >= 0.6 is 12.4 Å². The number of nitrogens with one attached hydrogen (secondary N) is 2. The molecular weight excluding hydrogens is 292 g/mol. The van der Waals surface area contributed by atoms with Crippen molar-refractivity contribution >= 4 is 29.4 Å². The molecule has 0 radical (unpaired) electrons. The van der Waals surface area contributed by atoms with Crippen LogP contribution in [0.4, 0.5) is 0 Å². The first-order chi connectivity index (χ1) is 9.54. The Bertz CT molecular complexity index is 625. The predicted molar refractivity (Wildman–Crippen MR) is 84.1 cm³/mol. The van der Waals surface area contributed by atoms with Crippen LogP contribution in [-0.4, -0.2) is 36.2 Å². The van der Waals surface area contributed by atoms with E-state index in [0.717, 1.165) is 12.2 Å². The fraction of sp³-hybridized carbons (Fsp3) is 0.500. The molecule has 2 heterocycles. The van der Waals surface area contributed by atoms with Crippen LogP contribution in [0.2, 0.25) is 0 Å². The number of hydrogen-bond donors (Lipinski definition) is 2. The van der Waals surface area contributed by atoms with Crippen molar-refractivity contribution in [1.82, 2.24) is 20.8 Å². The molecule has 21 heavy (non-hydrogen) atoms. The van der Waals surface area contributed by atoms with Crippen LogP contribution in [0.15, 0.2) is 10.6 Å². The summed E-state index contributed by atoms with van der Waals surface area (Å²) in [5, 5.41) is 10.5. The van der Waals surface area contributed by atoms with Crippen molar-refractivity contribution in [3.05, 3.63) is 23.0 Å². The number of rotatable bonds is 5. The number of hydrogen-bond acceptors (Lipinski definition) is 5. The van der Waals surface area contributed by atoms with Crippen LogP contribution in [0, 0.1) is 6.92 Å². The maximum Gasteiger partial charge on any atom is 0.259 e. The van der Waals surface area contributed by atoms with Crippen molar-refractivity contribution in [2.45, 2.75) is 26.7 Å². The first kappa shape index (κ1) is 17.4. The Labute approximate surface area is 130 Å². The van der Waals surface area contributed by atoms with E-state index in [1.807, 2.05) is 33.9 Å². The van der Waals surface area contributed by atoms with E-state index in [4.69, 9.17) is 4.52 Å². The number of halogens is 1. The molecule has 116 valence electrons. The van der Waals surface area contributed by atoms with Crippen LogP contribution in [0.3, 0.4) is 0 Å². The van der Waals surface area contributed by atoms with Crippen molar-refractivity contribution in [2.75, 3.05) is 20.1 Å². The van der Waals surface area contributed by atoms with Gasteiger partial charge in [0, 0.05) is 18.8 Å². The van der Waals surface area contributed by atoms with E-state index < -0.39 is 0 Å².